The predicted molar refractivity (Wildman–Crippen MR) is 33.6 cm³/mol. The summed E-state index contributed by atoms with van der Waals surface area (Å²) >= 11 is 0. The van der Waals surface area contributed by atoms with E-state index in [1.807, 2.05) is 19.1 Å². The van der Waals surface area contributed by atoms with E-state index >= 15 is 0 Å². The topological polar surface area (TPSA) is 26.3 Å². The van der Waals surface area contributed by atoms with E-state index in [2.05, 4.69) is 0 Å². The summed E-state index contributed by atoms with van der Waals surface area (Å²) in [5, 5.41) is 0. The van der Waals surface area contributed by atoms with Crippen molar-refractivity contribution in [3.05, 3.63) is 12.2 Å². The number of carbonyl (C=O) groups excluding carboxylic acids is 1. The molecular weight excluding hydrogens is 116 g/mol. The molecule has 0 N–H and O–H groups in total. The van der Waals surface area contributed by atoms with Crippen molar-refractivity contribution in [1.29, 1.82) is 0 Å². The Balaban J connectivity index is 2.51. The van der Waals surface area contributed by atoms with Crippen molar-refractivity contribution in [3.63, 3.8) is 0 Å². The Bertz CT molecular complexity index is 140. The molecule has 1 atom stereocenters. The van der Waals surface area contributed by atoms with Gasteiger partial charge < -0.3 is 4.74 Å². The zero-order chi connectivity index (χ0) is 6.74. The lowest BCUT2D eigenvalue weighted by molar-refractivity contribution is 0.119. The van der Waals surface area contributed by atoms with Crippen LogP contribution in [0.3, 0.4) is 0 Å². The zero-order valence-electron chi connectivity index (χ0n) is 5.39. The standard InChI is InChI=1S/C7H9O2/c1-7(9-6-8)4-2-3-5-7/h2,4H,3,5H2,1H3. The second-order valence-electron chi connectivity index (χ2n) is 2.44. The summed E-state index contributed by atoms with van der Waals surface area (Å²) < 4.78 is 4.70. The molecule has 0 amide bonds. The molecule has 0 heterocycles. The van der Waals surface area contributed by atoms with Crippen LogP contribution in [0.1, 0.15) is 19.8 Å². The van der Waals surface area contributed by atoms with Crippen LogP contribution in [-0.2, 0) is 9.53 Å². The van der Waals surface area contributed by atoms with E-state index in [0.29, 0.717) is 0 Å². The molecular formula is C7H9O2. The quantitative estimate of drug-likeness (QED) is 0.518. The van der Waals surface area contributed by atoms with Gasteiger partial charge in [0, 0.05) is 0 Å². The highest BCUT2D eigenvalue weighted by Gasteiger charge is 2.24. The zero-order valence-corrected chi connectivity index (χ0v) is 5.39. The summed E-state index contributed by atoms with van der Waals surface area (Å²) in [6, 6.07) is 0. The molecule has 0 saturated carbocycles. The molecule has 0 aromatic carbocycles. The molecule has 0 spiro atoms. The van der Waals surface area contributed by atoms with Gasteiger partial charge >= 0.3 is 6.47 Å². The first-order chi connectivity index (χ1) is 4.27. The molecule has 49 valence electrons. The second kappa shape index (κ2) is 2.21. The molecule has 1 unspecified atom stereocenters. The number of hydrogen-bond acceptors (Lipinski definition) is 2. The summed E-state index contributed by atoms with van der Waals surface area (Å²) in [7, 11) is 0. The lowest BCUT2D eigenvalue weighted by Gasteiger charge is -2.17. The minimum absolute atomic E-state index is 0.359. The highest BCUT2D eigenvalue weighted by molar-refractivity contribution is 5.40. The van der Waals surface area contributed by atoms with Crippen molar-refractivity contribution in [2.75, 3.05) is 0 Å². The van der Waals surface area contributed by atoms with Gasteiger partial charge in [0.1, 0.15) is 5.60 Å². The summed E-state index contributed by atoms with van der Waals surface area (Å²) in [6.45, 7) is 3.33. The molecule has 9 heavy (non-hydrogen) atoms. The SMILES string of the molecule is CC1(O[C]=O)C=CCC1. The molecule has 2 heteroatoms. The van der Waals surface area contributed by atoms with Gasteiger partial charge in [0.25, 0.3) is 0 Å². The van der Waals surface area contributed by atoms with Crippen molar-refractivity contribution >= 4 is 6.47 Å². The van der Waals surface area contributed by atoms with Crippen molar-refractivity contribution in [2.45, 2.75) is 25.4 Å². The molecule has 0 saturated heterocycles. The Morgan fingerprint density at radius 2 is 2.56 bits per heavy atom. The molecule has 1 aliphatic rings. The second-order valence-corrected chi connectivity index (χ2v) is 2.44. The van der Waals surface area contributed by atoms with Gasteiger partial charge in [0.15, 0.2) is 0 Å². The van der Waals surface area contributed by atoms with Gasteiger partial charge in [-0.3, -0.25) is 0 Å². The maximum Gasteiger partial charge on any atom is 0.418 e. The van der Waals surface area contributed by atoms with E-state index in [1.54, 1.807) is 0 Å². The monoisotopic (exact) mass is 125 g/mol. The Kier molecular flexibility index (Phi) is 1.56. The number of hydrogen-bond donors (Lipinski definition) is 0. The average Bonchev–Trinajstić information content (AvgIpc) is 2.16. The van der Waals surface area contributed by atoms with Gasteiger partial charge in [-0.05, 0) is 25.8 Å². The fourth-order valence-corrected chi connectivity index (χ4v) is 0.966. The van der Waals surface area contributed by atoms with Crippen LogP contribution >= 0.6 is 0 Å². The lowest BCUT2D eigenvalue weighted by atomic mass is 10.1. The maximum atomic E-state index is 9.78. The molecule has 0 aliphatic heterocycles. The summed E-state index contributed by atoms with van der Waals surface area (Å²) in [4.78, 5) is 9.78. The number of allylic oxidation sites excluding steroid dienone is 1. The van der Waals surface area contributed by atoms with Gasteiger partial charge in [-0.15, -0.1) is 0 Å². The minimum Gasteiger partial charge on any atom is -0.447 e. The third-order valence-corrected chi connectivity index (χ3v) is 1.55. The van der Waals surface area contributed by atoms with E-state index in [4.69, 9.17) is 4.74 Å². The van der Waals surface area contributed by atoms with E-state index < -0.39 is 0 Å². The van der Waals surface area contributed by atoms with E-state index in [9.17, 15) is 4.79 Å². The van der Waals surface area contributed by atoms with Crippen LogP contribution in [0.15, 0.2) is 12.2 Å². The molecule has 1 rings (SSSR count). The molecule has 2 nitrogen and oxygen atoms in total. The molecule has 0 fully saturated rings. The van der Waals surface area contributed by atoms with E-state index in [1.165, 1.54) is 6.47 Å². The summed E-state index contributed by atoms with van der Waals surface area (Å²) in [5.74, 6) is 0. The largest absolute Gasteiger partial charge is 0.447 e. The van der Waals surface area contributed by atoms with Crippen molar-refractivity contribution < 1.29 is 9.53 Å². The molecule has 1 radical (unpaired) electrons. The van der Waals surface area contributed by atoms with Gasteiger partial charge in [0.2, 0.25) is 0 Å². The summed E-state index contributed by atoms with van der Waals surface area (Å²) in [5.41, 5.74) is -0.359. The van der Waals surface area contributed by atoms with Gasteiger partial charge in [-0.1, -0.05) is 6.08 Å². The van der Waals surface area contributed by atoms with Gasteiger partial charge in [0.05, 0.1) is 0 Å². The van der Waals surface area contributed by atoms with Crippen LogP contribution in [0.4, 0.5) is 0 Å². The first kappa shape index (κ1) is 6.33. The Morgan fingerprint density at radius 3 is 3.00 bits per heavy atom. The van der Waals surface area contributed by atoms with Crippen molar-refractivity contribution in [2.24, 2.45) is 0 Å². The smallest absolute Gasteiger partial charge is 0.418 e. The van der Waals surface area contributed by atoms with Crippen LogP contribution in [0.25, 0.3) is 0 Å². The summed E-state index contributed by atoms with van der Waals surface area (Å²) in [6.07, 6.45) is 5.80. The first-order valence-corrected chi connectivity index (χ1v) is 3.00. The van der Waals surface area contributed by atoms with Crippen LogP contribution < -0.4 is 0 Å². The normalized spacial score (nSPS) is 32.6. The maximum absolute atomic E-state index is 9.78. The highest BCUT2D eigenvalue weighted by atomic mass is 16.5. The number of rotatable bonds is 2. The Labute approximate surface area is 54.5 Å². The average molecular weight is 125 g/mol. The fourth-order valence-electron chi connectivity index (χ4n) is 0.966. The molecule has 0 aromatic heterocycles. The fraction of sp³-hybridized carbons (Fsp3) is 0.571. The third kappa shape index (κ3) is 1.31. The van der Waals surface area contributed by atoms with Crippen LogP contribution in [-0.4, -0.2) is 12.1 Å². The lowest BCUT2D eigenvalue weighted by Crippen LogP contribution is -2.21. The predicted octanol–water partition coefficient (Wildman–Crippen LogP) is 1.18. The first-order valence-electron chi connectivity index (χ1n) is 3.00. The van der Waals surface area contributed by atoms with Gasteiger partial charge in [-0.2, -0.15) is 0 Å². The van der Waals surface area contributed by atoms with Crippen molar-refractivity contribution in [3.8, 4) is 0 Å². The highest BCUT2D eigenvalue weighted by Crippen LogP contribution is 2.24. The van der Waals surface area contributed by atoms with Gasteiger partial charge in [-0.25, -0.2) is 4.79 Å². The van der Waals surface area contributed by atoms with Crippen LogP contribution in [0.5, 0.6) is 0 Å². The molecule has 0 aromatic rings. The van der Waals surface area contributed by atoms with Crippen molar-refractivity contribution in [1.82, 2.24) is 0 Å². The third-order valence-electron chi connectivity index (χ3n) is 1.55. The van der Waals surface area contributed by atoms with Crippen LogP contribution in [0.2, 0.25) is 0 Å². The van der Waals surface area contributed by atoms with Crippen LogP contribution in [0, 0.1) is 0 Å². The Morgan fingerprint density at radius 1 is 1.78 bits per heavy atom. The van der Waals surface area contributed by atoms with E-state index in [-0.39, 0.29) is 5.60 Å². The Hall–Kier alpha value is -0.790. The molecule has 0 bridgehead atoms. The van der Waals surface area contributed by atoms with E-state index in [0.717, 1.165) is 12.8 Å². The molecule has 1 aliphatic carbocycles. The minimum atomic E-state index is -0.359. The number of ether oxygens (including phenoxy) is 1.